The normalized spacial score (nSPS) is 14.3. The van der Waals surface area contributed by atoms with E-state index in [-0.39, 0.29) is 18.2 Å². The Morgan fingerprint density at radius 1 is 1.65 bits per heavy atom. The molecule has 0 aliphatic heterocycles. The standard InChI is InChI=1S/C10H17N3O4/c1-4-9(7(2)13(16)17)5-10(12-15)6-11-8(3)14/h5,7,15H,4,6H2,1-3H3,(H,11,14)/b9-5+,12-10-. The van der Waals surface area contributed by atoms with E-state index in [4.69, 9.17) is 5.21 Å². The third kappa shape index (κ3) is 5.64. The number of nitro groups is 1. The lowest BCUT2D eigenvalue weighted by Gasteiger charge is -2.08. The van der Waals surface area contributed by atoms with Gasteiger partial charge in [-0.05, 0) is 12.5 Å². The Morgan fingerprint density at radius 2 is 2.24 bits per heavy atom. The highest BCUT2D eigenvalue weighted by Crippen LogP contribution is 2.10. The zero-order chi connectivity index (χ0) is 13.4. The summed E-state index contributed by atoms with van der Waals surface area (Å²) >= 11 is 0. The Morgan fingerprint density at radius 3 is 2.59 bits per heavy atom. The van der Waals surface area contributed by atoms with Crippen molar-refractivity contribution in [2.45, 2.75) is 33.2 Å². The zero-order valence-corrected chi connectivity index (χ0v) is 10.1. The molecule has 0 fully saturated rings. The van der Waals surface area contributed by atoms with Crippen LogP contribution in [0.25, 0.3) is 0 Å². The van der Waals surface area contributed by atoms with Crippen LogP contribution < -0.4 is 5.32 Å². The molecular weight excluding hydrogens is 226 g/mol. The quantitative estimate of drug-likeness (QED) is 0.313. The van der Waals surface area contributed by atoms with Crippen LogP contribution in [-0.4, -0.2) is 34.3 Å². The van der Waals surface area contributed by atoms with Crippen LogP contribution in [0.5, 0.6) is 0 Å². The summed E-state index contributed by atoms with van der Waals surface area (Å²) in [7, 11) is 0. The molecule has 0 rings (SSSR count). The van der Waals surface area contributed by atoms with Crippen molar-refractivity contribution < 1.29 is 14.9 Å². The van der Waals surface area contributed by atoms with Gasteiger partial charge in [0, 0.05) is 24.3 Å². The molecule has 0 bridgehead atoms. The predicted molar refractivity (Wildman–Crippen MR) is 62.7 cm³/mol. The van der Waals surface area contributed by atoms with Crippen molar-refractivity contribution in [3.63, 3.8) is 0 Å². The van der Waals surface area contributed by atoms with Gasteiger partial charge in [-0.3, -0.25) is 14.9 Å². The van der Waals surface area contributed by atoms with Crippen molar-refractivity contribution >= 4 is 11.6 Å². The monoisotopic (exact) mass is 243 g/mol. The fraction of sp³-hybridized carbons (Fsp3) is 0.600. The molecule has 0 spiro atoms. The topological polar surface area (TPSA) is 105 Å². The van der Waals surface area contributed by atoms with Crippen LogP contribution >= 0.6 is 0 Å². The largest absolute Gasteiger partial charge is 0.411 e. The van der Waals surface area contributed by atoms with E-state index < -0.39 is 11.0 Å². The number of oxime groups is 1. The van der Waals surface area contributed by atoms with E-state index in [9.17, 15) is 14.9 Å². The molecular formula is C10H17N3O4. The lowest BCUT2D eigenvalue weighted by Crippen LogP contribution is -2.27. The van der Waals surface area contributed by atoms with Gasteiger partial charge in [0.2, 0.25) is 11.9 Å². The number of nitrogens with zero attached hydrogens (tertiary/aromatic N) is 2. The van der Waals surface area contributed by atoms with Gasteiger partial charge in [0.1, 0.15) is 0 Å². The number of hydrogen-bond acceptors (Lipinski definition) is 5. The highest BCUT2D eigenvalue weighted by Gasteiger charge is 2.18. The molecule has 2 N–H and O–H groups in total. The molecule has 0 saturated carbocycles. The third-order valence-corrected chi connectivity index (χ3v) is 2.26. The molecule has 0 saturated heterocycles. The van der Waals surface area contributed by atoms with E-state index in [2.05, 4.69) is 10.5 Å². The lowest BCUT2D eigenvalue weighted by molar-refractivity contribution is -0.507. The Bertz CT molecular complexity index is 349. The second-order valence-corrected chi connectivity index (χ2v) is 3.54. The van der Waals surface area contributed by atoms with Gasteiger partial charge in [-0.25, -0.2) is 0 Å². The van der Waals surface area contributed by atoms with Crippen molar-refractivity contribution in [2.24, 2.45) is 5.16 Å². The number of amides is 1. The average molecular weight is 243 g/mol. The van der Waals surface area contributed by atoms with Crippen molar-refractivity contribution in [1.29, 1.82) is 0 Å². The third-order valence-electron chi connectivity index (χ3n) is 2.26. The van der Waals surface area contributed by atoms with Gasteiger partial charge in [0.05, 0.1) is 12.3 Å². The van der Waals surface area contributed by atoms with E-state index in [1.165, 1.54) is 19.9 Å². The Kier molecular flexibility index (Phi) is 6.54. The lowest BCUT2D eigenvalue weighted by atomic mass is 10.0. The van der Waals surface area contributed by atoms with Gasteiger partial charge >= 0.3 is 0 Å². The first-order chi connectivity index (χ1) is 7.92. The van der Waals surface area contributed by atoms with Crippen LogP contribution in [0, 0.1) is 10.1 Å². The molecule has 17 heavy (non-hydrogen) atoms. The number of rotatable bonds is 6. The first kappa shape index (κ1) is 15.1. The van der Waals surface area contributed by atoms with Gasteiger partial charge in [-0.1, -0.05) is 12.1 Å². The summed E-state index contributed by atoms with van der Waals surface area (Å²) in [5.74, 6) is -0.264. The van der Waals surface area contributed by atoms with E-state index >= 15 is 0 Å². The summed E-state index contributed by atoms with van der Waals surface area (Å²) < 4.78 is 0. The first-order valence-corrected chi connectivity index (χ1v) is 5.21. The van der Waals surface area contributed by atoms with Crippen molar-refractivity contribution in [1.82, 2.24) is 5.32 Å². The molecule has 7 heteroatoms. The molecule has 1 amide bonds. The minimum Gasteiger partial charge on any atom is -0.411 e. The van der Waals surface area contributed by atoms with E-state index in [0.29, 0.717) is 12.0 Å². The molecule has 96 valence electrons. The number of carbonyl (C=O) groups is 1. The summed E-state index contributed by atoms with van der Waals surface area (Å²) in [6.07, 6.45) is 1.91. The van der Waals surface area contributed by atoms with Crippen LogP contribution in [0.3, 0.4) is 0 Å². The second kappa shape index (κ2) is 7.37. The molecule has 0 aromatic heterocycles. The summed E-state index contributed by atoms with van der Waals surface area (Å²) in [4.78, 5) is 20.9. The van der Waals surface area contributed by atoms with Crippen molar-refractivity contribution in [2.75, 3.05) is 6.54 Å². The van der Waals surface area contributed by atoms with Gasteiger partial charge < -0.3 is 10.5 Å². The van der Waals surface area contributed by atoms with Crippen LogP contribution in [0.15, 0.2) is 16.8 Å². The second-order valence-electron chi connectivity index (χ2n) is 3.54. The number of hydrogen-bond donors (Lipinski definition) is 2. The van der Waals surface area contributed by atoms with Crippen LogP contribution in [0.4, 0.5) is 0 Å². The van der Waals surface area contributed by atoms with Gasteiger partial charge in [-0.2, -0.15) is 0 Å². The SMILES string of the molecule is CC/C(=C\C(CNC(C)=O)=N\O)C(C)[N+](=O)[O-]. The van der Waals surface area contributed by atoms with E-state index in [1.807, 2.05) is 0 Å². The van der Waals surface area contributed by atoms with Gasteiger partial charge in [0.15, 0.2) is 0 Å². The molecule has 0 radical (unpaired) electrons. The minimum absolute atomic E-state index is 0.0414. The summed E-state index contributed by atoms with van der Waals surface area (Å²) in [5.41, 5.74) is 0.721. The van der Waals surface area contributed by atoms with Crippen LogP contribution in [0.2, 0.25) is 0 Å². The maximum absolute atomic E-state index is 10.7. The smallest absolute Gasteiger partial charge is 0.231 e. The molecule has 0 aliphatic rings. The summed E-state index contributed by atoms with van der Waals surface area (Å²) in [6.45, 7) is 4.61. The Balaban J connectivity index is 4.79. The molecule has 7 nitrogen and oxygen atoms in total. The molecule has 0 aromatic carbocycles. The van der Waals surface area contributed by atoms with Crippen molar-refractivity contribution in [3.8, 4) is 0 Å². The number of carbonyl (C=O) groups excluding carboxylic acids is 1. The summed E-state index contributed by atoms with van der Waals surface area (Å²) in [5, 5.41) is 24.8. The number of nitrogens with one attached hydrogen (secondary N) is 1. The minimum atomic E-state index is -0.839. The molecule has 0 heterocycles. The fourth-order valence-corrected chi connectivity index (χ4v) is 1.20. The Hall–Kier alpha value is -1.92. The predicted octanol–water partition coefficient (Wildman–Crippen LogP) is 0.954. The first-order valence-electron chi connectivity index (χ1n) is 5.21. The van der Waals surface area contributed by atoms with Crippen LogP contribution in [0.1, 0.15) is 27.2 Å². The van der Waals surface area contributed by atoms with E-state index in [1.54, 1.807) is 6.92 Å². The highest BCUT2D eigenvalue weighted by atomic mass is 16.6. The maximum atomic E-state index is 10.7. The molecule has 0 aliphatic carbocycles. The Labute approximate surface area is 99.3 Å². The maximum Gasteiger partial charge on any atom is 0.231 e. The highest BCUT2D eigenvalue weighted by molar-refractivity contribution is 5.98. The fourth-order valence-electron chi connectivity index (χ4n) is 1.20. The molecule has 1 atom stereocenters. The van der Waals surface area contributed by atoms with Gasteiger partial charge in [-0.15, -0.1) is 0 Å². The summed E-state index contributed by atoms with van der Waals surface area (Å²) in [6, 6.07) is -0.839. The zero-order valence-electron chi connectivity index (χ0n) is 10.1. The van der Waals surface area contributed by atoms with Crippen molar-refractivity contribution in [3.05, 3.63) is 21.8 Å². The van der Waals surface area contributed by atoms with E-state index in [0.717, 1.165) is 0 Å². The average Bonchev–Trinajstić information content (AvgIpc) is 2.28. The molecule has 0 aromatic rings. The molecule has 1 unspecified atom stereocenters. The van der Waals surface area contributed by atoms with Gasteiger partial charge in [0.25, 0.3) is 0 Å². The van der Waals surface area contributed by atoms with Crippen LogP contribution in [-0.2, 0) is 4.79 Å².